The van der Waals surface area contributed by atoms with E-state index in [0.29, 0.717) is 41.7 Å². The monoisotopic (exact) mass is 549 g/mol. The Morgan fingerprint density at radius 2 is 2.03 bits per heavy atom. The molecule has 6 rings (SSSR count). The second-order valence-electron chi connectivity index (χ2n) is 9.32. The predicted molar refractivity (Wildman–Crippen MR) is 141 cm³/mol. The van der Waals surface area contributed by atoms with Crippen molar-refractivity contribution < 1.29 is 27.1 Å². The largest absolute Gasteiger partial charge is 0.489 e. The third kappa shape index (κ3) is 4.60. The molecule has 4 aromatic rings. The van der Waals surface area contributed by atoms with Crippen molar-refractivity contribution in [1.29, 1.82) is 0 Å². The molecule has 3 aromatic heterocycles. The number of nitrogens with one attached hydrogen (secondary N) is 1. The Bertz CT molecular complexity index is 1710. The van der Waals surface area contributed by atoms with Gasteiger partial charge in [0.05, 0.1) is 36.2 Å². The van der Waals surface area contributed by atoms with Crippen LogP contribution in [0.3, 0.4) is 0 Å². The molecular weight excluding hydrogens is 525 g/mol. The van der Waals surface area contributed by atoms with Gasteiger partial charge in [-0.15, -0.1) is 0 Å². The molecule has 0 saturated heterocycles. The summed E-state index contributed by atoms with van der Waals surface area (Å²) in [5, 5.41) is 2.75. The smallest absolute Gasteiger partial charge is 0.251 e. The van der Waals surface area contributed by atoms with Crippen LogP contribution in [-0.4, -0.2) is 54.3 Å². The maximum absolute atomic E-state index is 14.8. The van der Waals surface area contributed by atoms with Crippen LogP contribution in [0.4, 0.5) is 16.0 Å². The number of amides is 1. The van der Waals surface area contributed by atoms with E-state index >= 15 is 0 Å². The minimum Gasteiger partial charge on any atom is -0.489 e. The van der Waals surface area contributed by atoms with E-state index in [-0.39, 0.29) is 35.8 Å². The molecule has 200 valence electrons. The summed E-state index contributed by atoms with van der Waals surface area (Å²) in [6.45, 7) is 2.74. The number of fused-ring (bicyclic) bond motifs is 3. The molecule has 2 aliphatic heterocycles. The van der Waals surface area contributed by atoms with Crippen molar-refractivity contribution in [3.63, 3.8) is 0 Å². The van der Waals surface area contributed by atoms with E-state index in [1.807, 2.05) is 29.2 Å². The fourth-order valence-corrected chi connectivity index (χ4v) is 6.14. The normalized spacial score (nSPS) is 17.8. The maximum Gasteiger partial charge on any atom is 0.251 e. The first-order valence-electron chi connectivity index (χ1n) is 12.4. The van der Waals surface area contributed by atoms with Gasteiger partial charge in [-0.25, -0.2) is 22.8 Å². The highest BCUT2D eigenvalue weighted by Crippen LogP contribution is 2.35. The van der Waals surface area contributed by atoms with Crippen molar-refractivity contribution >= 4 is 38.3 Å². The number of hydrogen-bond acceptors (Lipinski definition) is 9. The number of carbonyl (C=O) groups excluding carboxylic acids is 1. The van der Waals surface area contributed by atoms with E-state index in [2.05, 4.69) is 15.3 Å². The van der Waals surface area contributed by atoms with Gasteiger partial charge in [0, 0.05) is 23.3 Å². The second kappa shape index (κ2) is 9.77. The van der Waals surface area contributed by atoms with E-state index in [0.717, 1.165) is 11.5 Å². The van der Waals surface area contributed by atoms with Crippen molar-refractivity contribution in [3.8, 4) is 11.5 Å². The number of benzene rings is 1. The lowest BCUT2D eigenvalue weighted by Crippen LogP contribution is -2.30. The Morgan fingerprint density at radius 3 is 2.90 bits per heavy atom. The Labute approximate surface area is 223 Å². The quantitative estimate of drug-likeness (QED) is 0.407. The number of pyridine rings is 3. The van der Waals surface area contributed by atoms with Gasteiger partial charge < -0.3 is 19.7 Å². The molecule has 1 amide bonds. The fourth-order valence-electron chi connectivity index (χ4n) is 4.59. The fraction of sp³-hybridized carbons (Fsp3) is 0.259. The highest BCUT2D eigenvalue weighted by Gasteiger charge is 2.33. The minimum atomic E-state index is -3.84. The van der Waals surface area contributed by atoms with Crippen LogP contribution in [0.2, 0.25) is 0 Å². The highest BCUT2D eigenvalue weighted by atomic mass is 32.2. The molecule has 5 heterocycles. The molecular formula is C27H24FN5O5S. The predicted octanol–water partition coefficient (Wildman–Crippen LogP) is 3.57. The zero-order valence-corrected chi connectivity index (χ0v) is 21.7. The molecule has 1 aromatic carbocycles. The summed E-state index contributed by atoms with van der Waals surface area (Å²) >= 11 is 0. The zero-order valence-electron chi connectivity index (χ0n) is 20.9. The van der Waals surface area contributed by atoms with Crippen LogP contribution in [0.1, 0.15) is 29.4 Å². The van der Waals surface area contributed by atoms with E-state index < -0.39 is 26.8 Å². The molecule has 0 saturated carbocycles. The summed E-state index contributed by atoms with van der Waals surface area (Å²) in [6.07, 6.45) is 3.59. The minimum absolute atomic E-state index is 0.0288. The Morgan fingerprint density at radius 1 is 1.15 bits per heavy atom. The topological polar surface area (TPSA) is 124 Å². The molecule has 0 unspecified atom stereocenters. The third-order valence-electron chi connectivity index (χ3n) is 6.78. The van der Waals surface area contributed by atoms with Gasteiger partial charge in [0.1, 0.15) is 17.3 Å². The number of aromatic nitrogens is 3. The number of hydrogen-bond donors (Lipinski definition) is 1. The summed E-state index contributed by atoms with van der Waals surface area (Å²) in [7, 11) is -3.84. The molecule has 1 atom stereocenters. The first-order valence-corrected chi connectivity index (χ1v) is 14.0. The molecule has 0 fully saturated rings. The van der Waals surface area contributed by atoms with Crippen LogP contribution in [0.15, 0.2) is 59.8 Å². The summed E-state index contributed by atoms with van der Waals surface area (Å²) in [5.41, 5.74) is 1.08. The van der Waals surface area contributed by atoms with Gasteiger partial charge in [-0.2, -0.15) is 0 Å². The molecule has 0 aliphatic carbocycles. The average molecular weight is 550 g/mol. The van der Waals surface area contributed by atoms with E-state index in [4.69, 9.17) is 14.5 Å². The molecule has 0 spiro atoms. The molecule has 39 heavy (non-hydrogen) atoms. The van der Waals surface area contributed by atoms with Crippen LogP contribution in [-0.2, 0) is 16.4 Å². The number of rotatable bonds is 4. The number of ether oxygens (including phenoxy) is 2. The van der Waals surface area contributed by atoms with Gasteiger partial charge in [-0.1, -0.05) is 0 Å². The van der Waals surface area contributed by atoms with Crippen LogP contribution in [0.5, 0.6) is 11.5 Å². The lowest BCUT2D eigenvalue weighted by atomic mass is 10.2. The van der Waals surface area contributed by atoms with Crippen molar-refractivity contribution in [2.24, 2.45) is 0 Å². The third-order valence-corrected chi connectivity index (χ3v) is 8.99. The molecule has 1 N–H and O–H groups in total. The SMILES string of the molecule is C[C@H]1CCOc2c(F)cc(C(=O)NCc3cc4nc(N5CCOc6cccnc65)ccc4cn3)cc2S1(=O)=O. The van der Waals surface area contributed by atoms with Gasteiger partial charge in [-0.3, -0.25) is 9.78 Å². The van der Waals surface area contributed by atoms with Crippen molar-refractivity contribution in [3.05, 3.63) is 71.9 Å². The zero-order chi connectivity index (χ0) is 27.1. The van der Waals surface area contributed by atoms with Gasteiger partial charge >= 0.3 is 0 Å². The standard InChI is InChI=1S/C27H24FN5O5S/c1-16-6-9-38-25-20(28)11-18(12-23(25)39(16,35)36)27(34)31-15-19-13-21-17(14-30-19)4-5-24(32-21)33-8-10-37-22-3-2-7-29-26(22)33/h2-5,7,11-14,16H,6,8-10,15H2,1H3,(H,31,34)/t16-/m0/s1. The van der Waals surface area contributed by atoms with Crippen molar-refractivity contribution in [2.45, 2.75) is 30.0 Å². The van der Waals surface area contributed by atoms with Gasteiger partial charge in [0.15, 0.2) is 33.0 Å². The molecule has 12 heteroatoms. The average Bonchev–Trinajstić information content (AvgIpc) is 3.06. The number of nitrogens with zero attached hydrogens (tertiary/aromatic N) is 4. The number of sulfone groups is 1. The first kappa shape index (κ1) is 25.0. The summed E-state index contributed by atoms with van der Waals surface area (Å²) < 4.78 is 51.5. The lowest BCUT2D eigenvalue weighted by molar-refractivity contribution is 0.0949. The Hall–Kier alpha value is -4.32. The second-order valence-corrected chi connectivity index (χ2v) is 11.7. The molecule has 2 aliphatic rings. The summed E-state index contributed by atoms with van der Waals surface area (Å²) in [6, 6.07) is 11.4. The van der Waals surface area contributed by atoms with E-state index in [9.17, 15) is 17.6 Å². The van der Waals surface area contributed by atoms with E-state index in [1.54, 1.807) is 18.5 Å². The summed E-state index contributed by atoms with van der Waals surface area (Å²) in [5.74, 6) is 0.203. The molecule has 0 radical (unpaired) electrons. The lowest BCUT2D eigenvalue weighted by Gasteiger charge is -2.29. The number of carbonyl (C=O) groups is 1. The Kier molecular flexibility index (Phi) is 6.26. The number of anilines is 2. The van der Waals surface area contributed by atoms with Gasteiger partial charge in [0.2, 0.25) is 0 Å². The van der Waals surface area contributed by atoms with Crippen LogP contribution < -0.4 is 19.7 Å². The van der Waals surface area contributed by atoms with Gasteiger partial charge in [0.25, 0.3) is 5.91 Å². The molecule has 10 nitrogen and oxygen atoms in total. The van der Waals surface area contributed by atoms with Crippen LogP contribution in [0, 0.1) is 5.82 Å². The Balaban J connectivity index is 1.24. The summed E-state index contributed by atoms with van der Waals surface area (Å²) in [4.78, 5) is 28.2. The van der Waals surface area contributed by atoms with Crippen molar-refractivity contribution in [1.82, 2.24) is 20.3 Å². The highest BCUT2D eigenvalue weighted by molar-refractivity contribution is 7.92. The van der Waals surface area contributed by atoms with Crippen LogP contribution >= 0.6 is 0 Å². The first-order chi connectivity index (χ1) is 18.8. The number of halogens is 1. The maximum atomic E-state index is 14.8. The van der Waals surface area contributed by atoms with Crippen LogP contribution in [0.25, 0.3) is 10.9 Å². The van der Waals surface area contributed by atoms with Crippen molar-refractivity contribution in [2.75, 3.05) is 24.7 Å². The van der Waals surface area contributed by atoms with Gasteiger partial charge in [-0.05, 0) is 55.8 Å². The van der Waals surface area contributed by atoms with E-state index in [1.165, 1.54) is 13.0 Å². The molecule has 0 bridgehead atoms.